The number of amides is 1. The molecule has 0 fully saturated rings. The predicted molar refractivity (Wildman–Crippen MR) is 96.1 cm³/mol. The van der Waals surface area contributed by atoms with Crippen molar-refractivity contribution in [3.8, 4) is 0 Å². The lowest BCUT2D eigenvalue weighted by molar-refractivity contribution is -0.885. The van der Waals surface area contributed by atoms with Gasteiger partial charge in [0.15, 0.2) is 6.54 Å². The van der Waals surface area contributed by atoms with Crippen LogP contribution in [-0.4, -0.2) is 19.5 Å². The number of carbonyl (C=O) groups excluding carboxylic acids is 1. The summed E-state index contributed by atoms with van der Waals surface area (Å²) >= 11 is 5.98. The van der Waals surface area contributed by atoms with Crippen molar-refractivity contribution < 1.29 is 9.69 Å². The molecule has 23 heavy (non-hydrogen) atoms. The number of likely N-dealkylation sites (N-methyl/N-ethyl adjacent to an activating group) is 1. The van der Waals surface area contributed by atoms with E-state index in [9.17, 15) is 4.79 Å². The fourth-order valence-electron chi connectivity index (χ4n) is 2.50. The number of carbonyl (C=O) groups is 1. The van der Waals surface area contributed by atoms with Crippen LogP contribution in [0.5, 0.6) is 0 Å². The van der Waals surface area contributed by atoms with Gasteiger partial charge in [0, 0.05) is 16.3 Å². The summed E-state index contributed by atoms with van der Waals surface area (Å²) in [5.41, 5.74) is 4.37. The summed E-state index contributed by atoms with van der Waals surface area (Å²) in [6, 6.07) is 14.1. The first-order valence-electron chi connectivity index (χ1n) is 7.93. The summed E-state index contributed by atoms with van der Waals surface area (Å²) in [4.78, 5) is 13.3. The first kappa shape index (κ1) is 17.5. The minimum atomic E-state index is -0.00181. The highest BCUT2D eigenvalue weighted by atomic mass is 35.5. The minimum Gasteiger partial charge on any atom is -0.326 e. The number of hydrogen-bond acceptors (Lipinski definition) is 1. The van der Waals surface area contributed by atoms with Crippen molar-refractivity contribution in [2.75, 3.05) is 18.9 Å². The third-order valence-electron chi connectivity index (χ3n) is 3.87. The van der Waals surface area contributed by atoms with Gasteiger partial charge in [0.1, 0.15) is 6.54 Å². The third kappa shape index (κ3) is 5.38. The summed E-state index contributed by atoms with van der Waals surface area (Å²) in [7, 11) is 2.03. The van der Waals surface area contributed by atoms with Crippen LogP contribution in [0, 0.1) is 6.92 Å². The third-order valence-corrected chi connectivity index (χ3v) is 4.11. The average molecular weight is 332 g/mol. The fourth-order valence-corrected chi connectivity index (χ4v) is 2.67. The molecule has 0 bridgehead atoms. The first-order valence-corrected chi connectivity index (χ1v) is 8.31. The monoisotopic (exact) mass is 331 g/mol. The van der Waals surface area contributed by atoms with Crippen molar-refractivity contribution in [2.45, 2.75) is 26.8 Å². The minimum absolute atomic E-state index is 0.00181. The van der Waals surface area contributed by atoms with E-state index in [4.69, 9.17) is 11.6 Å². The van der Waals surface area contributed by atoms with Crippen LogP contribution >= 0.6 is 11.6 Å². The van der Waals surface area contributed by atoms with E-state index in [1.807, 2.05) is 26.1 Å². The fraction of sp³-hybridized carbons (Fsp3) is 0.316. The Bertz CT molecular complexity index is 668. The lowest BCUT2D eigenvalue weighted by atomic mass is 10.1. The Morgan fingerprint density at radius 1 is 1.13 bits per heavy atom. The van der Waals surface area contributed by atoms with E-state index in [2.05, 4.69) is 36.5 Å². The Labute approximate surface area is 143 Å². The number of benzene rings is 2. The zero-order valence-corrected chi connectivity index (χ0v) is 14.7. The molecule has 3 nitrogen and oxygen atoms in total. The maximum Gasteiger partial charge on any atom is 0.279 e. The Morgan fingerprint density at radius 3 is 2.43 bits per heavy atom. The highest BCUT2D eigenvalue weighted by Crippen LogP contribution is 2.19. The van der Waals surface area contributed by atoms with Crippen LogP contribution in [0.15, 0.2) is 42.5 Å². The number of rotatable bonds is 6. The average Bonchev–Trinajstić information content (AvgIpc) is 2.51. The molecular weight excluding hydrogens is 308 g/mol. The van der Waals surface area contributed by atoms with Gasteiger partial charge in [-0.2, -0.15) is 0 Å². The van der Waals surface area contributed by atoms with E-state index in [1.54, 1.807) is 6.07 Å². The number of halogens is 1. The number of aryl methyl sites for hydroxylation is 2. The molecule has 2 aromatic rings. The summed E-state index contributed by atoms with van der Waals surface area (Å²) < 4.78 is 0. The van der Waals surface area contributed by atoms with Crippen LogP contribution in [0.4, 0.5) is 5.69 Å². The van der Waals surface area contributed by atoms with E-state index in [1.165, 1.54) is 11.1 Å². The van der Waals surface area contributed by atoms with E-state index in [-0.39, 0.29) is 5.91 Å². The van der Waals surface area contributed by atoms with Gasteiger partial charge in [0.05, 0.1) is 7.05 Å². The van der Waals surface area contributed by atoms with Gasteiger partial charge in [-0.1, -0.05) is 48.9 Å². The molecule has 1 atom stereocenters. The molecular formula is C19H24ClN2O+. The van der Waals surface area contributed by atoms with Crippen molar-refractivity contribution >= 4 is 23.2 Å². The maximum atomic E-state index is 12.2. The molecule has 0 aliphatic carbocycles. The lowest BCUT2D eigenvalue weighted by Crippen LogP contribution is -3.08. The highest BCUT2D eigenvalue weighted by molar-refractivity contribution is 6.31. The molecule has 0 heterocycles. The van der Waals surface area contributed by atoms with Gasteiger partial charge >= 0.3 is 0 Å². The lowest BCUT2D eigenvalue weighted by Gasteiger charge is -2.15. The van der Waals surface area contributed by atoms with Gasteiger partial charge in [-0.3, -0.25) is 4.79 Å². The molecule has 0 saturated carbocycles. The maximum absolute atomic E-state index is 12.2. The summed E-state index contributed by atoms with van der Waals surface area (Å²) in [5, 5.41) is 3.57. The SMILES string of the molecule is CCc1ccc(C[NH+](C)CC(=O)Nc2cc(Cl)ccc2C)cc1. The zero-order valence-electron chi connectivity index (χ0n) is 13.9. The van der Waals surface area contributed by atoms with Gasteiger partial charge in [0.25, 0.3) is 5.91 Å². The standard InChI is InChI=1S/C19H23ClN2O/c1-4-15-6-8-16(9-7-15)12-22(3)13-19(23)21-18-11-17(20)10-5-14(18)2/h5-11H,4,12-13H2,1-3H3,(H,21,23)/p+1. The van der Waals surface area contributed by atoms with Gasteiger partial charge in [-0.25, -0.2) is 0 Å². The highest BCUT2D eigenvalue weighted by Gasteiger charge is 2.12. The Kier molecular flexibility index (Phi) is 6.20. The van der Waals surface area contributed by atoms with Crippen molar-refractivity contribution in [3.05, 3.63) is 64.2 Å². The second-order valence-electron chi connectivity index (χ2n) is 5.99. The molecule has 0 saturated heterocycles. The molecule has 1 amide bonds. The van der Waals surface area contributed by atoms with Gasteiger partial charge < -0.3 is 10.2 Å². The zero-order chi connectivity index (χ0) is 16.8. The van der Waals surface area contributed by atoms with Crippen LogP contribution in [0.1, 0.15) is 23.6 Å². The van der Waals surface area contributed by atoms with Crippen molar-refractivity contribution in [1.82, 2.24) is 0 Å². The molecule has 0 radical (unpaired) electrons. The molecule has 0 aromatic heterocycles. The largest absolute Gasteiger partial charge is 0.326 e. The van der Waals surface area contributed by atoms with Crippen LogP contribution in [0.2, 0.25) is 5.02 Å². The van der Waals surface area contributed by atoms with Gasteiger partial charge in [-0.15, -0.1) is 0 Å². The number of hydrogen-bond donors (Lipinski definition) is 2. The van der Waals surface area contributed by atoms with E-state index < -0.39 is 0 Å². The molecule has 0 spiro atoms. The molecule has 2 N–H and O–H groups in total. The summed E-state index contributed by atoms with van der Waals surface area (Å²) in [5.74, 6) is -0.00181. The molecule has 2 aromatic carbocycles. The Balaban J connectivity index is 1.90. The summed E-state index contributed by atoms with van der Waals surface area (Å²) in [6.07, 6.45) is 1.05. The second-order valence-corrected chi connectivity index (χ2v) is 6.42. The Morgan fingerprint density at radius 2 is 1.78 bits per heavy atom. The van der Waals surface area contributed by atoms with Crippen LogP contribution < -0.4 is 10.2 Å². The number of anilines is 1. The second kappa shape index (κ2) is 8.14. The van der Waals surface area contributed by atoms with Crippen molar-refractivity contribution in [3.63, 3.8) is 0 Å². The molecule has 0 aliphatic rings. The van der Waals surface area contributed by atoms with E-state index >= 15 is 0 Å². The predicted octanol–water partition coefficient (Wildman–Crippen LogP) is 2.86. The van der Waals surface area contributed by atoms with Crippen molar-refractivity contribution in [1.29, 1.82) is 0 Å². The van der Waals surface area contributed by atoms with Gasteiger partial charge in [0.2, 0.25) is 0 Å². The van der Waals surface area contributed by atoms with Gasteiger partial charge in [-0.05, 0) is 36.6 Å². The van der Waals surface area contributed by atoms with Crippen LogP contribution in [-0.2, 0) is 17.8 Å². The van der Waals surface area contributed by atoms with E-state index in [0.717, 1.165) is 29.1 Å². The number of nitrogens with one attached hydrogen (secondary N) is 2. The molecule has 2 rings (SSSR count). The quantitative estimate of drug-likeness (QED) is 0.838. The van der Waals surface area contributed by atoms with Crippen molar-refractivity contribution in [2.24, 2.45) is 0 Å². The first-order chi connectivity index (χ1) is 11.0. The normalized spacial score (nSPS) is 12.0. The number of quaternary nitrogens is 1. The van der Waals surface area contributed by atoms with Crippen LogP contribution in [0.3, 0.4) is 0 Å². The topological polar surface area (TPSA) is 33.5 Å². The van der Waals surface area contributed by atoms with Crippen LogP contribution in [0.25, 0.3) is 0 Å². The smallest absolute Gasteiger partial charge is 0.279 e. The van der Waals surface area contributed by atoms with E-state index in [0.29, 0.717) is 11.6 Å². The Hall–Kier alpha value is -1.84. The molecule has 4 heteroatoms. The molecule has 1 unspecified atom stereocenters. The molecule has 122 valence electrons. The molecule has 0 aliphatic heterocycles. The summed E-state index contributed by atoms with van der Waals surface area (Å²) in [6.45, 7) is 5.35.